The van der Waals surface area contributed by atoms with Gasteiger partial charge in [-0.25, -0.2) is 0 Å². The van der Waals surface area contributed by atoms with Gasteiger partial charge in [0.25, 0.3) is 0 Å². The quantitative estimate of drug-likeness (QED) is 0.376. The zero-order valence-electron chi connectivity index (χ0n) is 6.23. The van der Waals surface area contributed by atoms with E-state index in [0.29, 0.717) is 0 Å². The Kier molecular flexibility index (Phi) is 7.56. The molecule has 1 fully saturated rings. The first-order chi connectivity index (χ1) is 4.41. The molecule has 0 aromatic rings. The van der Waals surface area contributed by atoms with Crippen LogP contribution in [0.5, 0.6) is 0 Å². The SMILES string of the molecule is BCC=C.C1CCOC1. The van der Waals surface area contributed by atoms with Gasteiger partial charge in [0.1, 0.15) is 7.85 Å². The van der Waals surface area contributed by atoms with Crippen LogP contribution >= 0.6 is 0 Å². The molecule has 0 aliphatic carbocycles. The van der Waals surface area contributed by atoms with Crippen LogP contribution in [0, 0.1) is 0 Å². The Bertz CT molecular complexity index is 52.3. The van der Waals surface area contributed by atoms with E-state index in [-0.39, 0.29) is 0 Å². The minimum absolute atomic E-state index is 1.00. The maximum atomic E-state index is 4.94. The van der Waals surface area contributed by atoms with Crippen molar-refractivity contribution in [1.82, 2.24) is 0 Å². The molecular formula is C7H15BO. The van der Waals surface area contributed by atoms with Gasteiger partial charge in [0.15, 0.2) is 0 Å². The molecule has 1 rings (SSSR count). The monoisotopic (exact) mass is 126 g/mol. The van der Waals surface area contributed by atoms with E-state index in [4.69, 9.17) is 4.74 Å². The maximum absolute atomic E-state index is 4.94. The Morgan fingerprint density at radius 3 is 2.00 bits per heavy atom. The summed E-state index contributed by atoms with van der Waals surface area (Å²) in [4.78, 5) is 0. The van der Waals surface area contributed by atoms with E-state index in [1.807, 2.05) is 6.08 Å². The second-order valence-corrected chi connectivity index (χ2v) is 2.02. The van der Waals surface area contributed by atoms with Crippen molar-refractivity contribution in [3.8, 4) is 0 Å². The number of allylic oxidation sites excluding steroid dienone is 1. The summed E-state index contributed by atoms with van der Waals surface area (Å²) in [6.45, 7) is 5.48. The van der Waals surface area contributed by atoms with Gasteiger partial charge in [-0.1, -0.05) is 12.4 Å². The average molecular weight is 126 g/mol. The van der Waals surface area contributed by atoms with E-state index in [1.165, 1.54) is 12.8 Å². The number of ether oxygens (including phenoxy) is 1. The van der Waals surface area contributed by atoms with Crippen LogP contribution in [0.1, 0.15) is 12.8 Å². The predicted octanol–water partition coefficient (Wildman–Crippen LogP) is 1.02. The Balaban J connectivity index is 0.000000148. The molecule has 1 aliphatic heterocycles. The molecule has 0 aromatic carbocycles. The van der Waals surface area contributed by atoms with E-state index in [2.05, 4.69) is 14.4 Å². The third-order valence-corrected chi connectivity index (χ3v) is 1.12. The molecule has 0 bridgehead atoms. The Hall–Kier alpha value is -0.235. The molecule has 0 radical (unpaired) electrons. The van der Waals surface area contributed by atoms with Crippen molar-refractivity contribution in [2.75, 3.05) is 13.2 Å². The van der Waals surface area contributed by atoms with Gasteiger partial charge >= 0.3 is 0 Å². The highest BCUT2D eigenvalue weighted by atomic mass is 16.5. The van der Waals surface area contributed by atoms with Gasteiger partial charge in [0.05, 0.1) is 0 Å². The fraction of sp³-hybridized carbons (Fsp3) is 0.714. The third kappa shape index (κ3) is 7.76. The van der Waals surface area contributed by atoms with Crippen LogP contribution in [-0.2, 0) is 4.74 Å². The van der Waals surface area contributed by atoms with Crippen molar-refractivity contribution in [2.45, 2.75) is 19.2 Å². The van der Waals surface area contributed by atoms with Crippen molar-refractivity contribution in [1.29, 1.82) is 0 Å². The van der Waals surface area contributed by atoms with E-state index in [0.717, 1.165) is 19.5 Å². The second-order valence-electron chi connectivity index (χ2n) is 2.02. The second kappa shape index (κ2) is 7.76. The number of hydrogen-bond donors (Lipinski definition) is 0. The van der Waals surface area contributed by atoms with E-state index in [9.17, 15) is 0 Å². The van der Waals surface area contributed by atoms with Crippen molar-refractivity contribution in [3.05, 3.63) is 12.7 Å². The molecular weight excluding hydrogens is 111 g/mol. The Morgan fingerprint density at radius 1 is 1.44 bits per heavy atom. The molecule has 0 atom stereocenters. The maximum Gasteiger partial charge on any atom is 0.106 e. The first kappa shape index (κ1) is 8.76. The van der Waals surface area contributed by atoms with Gasteiger partial charge < -0.3 is 4.74 Å². The summed E-state index contributed by atoms with van der Waals surface area (Å²) in [6, 6.07) is 0. The smallest absolute Gasteiger partial charge is 0.106 e. The van der Waals surface area contributed by atoms with Crippen LogP contribution in [0.3, 0.4) is 0 Å². The summed E-state index contributed by atoms with van der Waals surface area (Å²) in [7, 11) is 2.06. The molecule has 0 saturated carbocycles. The first-order valence-corrected chi connectivity index (χ1v) is 3.60. The zero-order chi connectivity index (χ0) is 6.95. The van der Waals surface area contributed by atoms with Crippen molar-refractivity contribution in [2.24, 2.45) is 0 Å². The lowest BCUT2D eigenvalue weighted by molar-refractivity contribution is 0.198. The van der Waals surface area contributed by atoms with E-state index in [1.54, 1.807) is 0 Å². The number of rotatable bonds is 1. The minimum atomic E-state index is 1.00. The van der Waals surface area contributed by atoms with Crippen LogP contribution in [0.15, 0.2) is 12.7 Å². The zero-order valence-corrected chi connectivity index (χ0v) is 6.23. The predicted molar refractivity (Wildman–Crippen MR) is 43.6 cm³/mol. The first-order valence-electron chi connectivity index (χ1n) is 3.60. The normalized spacial score (nSPS) is 16.0. The lowest BCUT2D eigenvalue weighted by Crippen LogP contribution is -1.74. The molecule has 9 heavy (non-hydrogen) atoms. The molecule has 0 aromatic heterocycles. The molecule has 52 valence electrons. The average Bonchev–Trinajstić information content (AvgIpc) is 2.43. The summed E-state index contributed by atoms with van der Waals surface area (Å²) in [5, 5.41) is 0. The largest absolute Gasteiger partial charge is 0.381 e. The standard InChI is InChI=1S/C4H8O.C3H7B/c1-2-4-5-3-1;1-2-3-4/h1-4H2;2H,1,3-4H2. The topological polar surface area (TPSA) is 9.23 Å². The molecule has 1 nitrogen and oxygen atoms in total. The fourth-order valence-corrected chi connectivity index (χ4v) is 0.510. The van der Waals surface area contributed by atoms with Crippen molar-refractivity contribution >= 4 is 7.85 Å². The molecule has 0 spiro atoms. The highest BCUT2D eigenvalue weighted by Gasteiger charge is 1.94. The van der Waals surface area contributed by atoms with Crippen LogP contribution in [0.25, 0.3) is 0 Å². The molecule has 1 aliphatic rings. The minimum Gasteiger partial charge on any atom is -0.381 e. The van der Waals surface area contributed by atoms with Gasteiger partial charge in [-0.05, 0) is 12.8 Å². The molecule has 1 heterocycles. The van der Waals surface area contributed by atoms with Crippen molar-refractivity contribution < 1.29 is 4.74 Å². The van der Waals surface area contributed by atoms with Gasteiger partial charge in [0, 0.05) is 13.2 Å². The van der Waals surface area contributed by atoms with Gasteiger partial charge in [0.2, 0.25) is 0 Å². The van der Waals surface area contributed by atoms with Gasteiger partial charge in [-0.15, -0.1) is 6.58 Å². The third-order valence-electron chi connectivity index (χ3n) is 1.12. The van der Waals surface area contributed by atoms with Crippen molar-refractivity contribution in [3.63, 3.8) is 0 Å². The highest BCUT2D eigenvalue weighted by molar-refractivity contribution is 6.09. The summed E-state index contributed by atoms with van der Waals surface area (Å²) in [5.74, 6) is 0. The Morgan fingerprint density at radius 2 is 1.89 bits per heavy atom. The van der Waals surface area contributed by atoms with Gasteiger partial charge in [-0.3, -0.25) is 0 Å². The van der Waals surface area contributed by atoms with Crippen LogP contribution < -0.4 is 0 Å². The summed E-state index contributed by atoms with van der Waals surface area (Å²) in [6.07, 6.45) is 5.51. The molecule has 0 N–H and O–H groups in total. The lowest BCUT2D eigenvalue weighted by atomic mass is 10.1. The van der Waals surface area contributed by atoms with E-state index < -0.39 is 0 Å². The fourth-order valence-electron chi connectivity index (χ4n) is 0.510. The molecule has 2 heteroatoms. The molecule has 0 unspecified atom stereocenters. The Labute approximate surface area is 58.5 Å². The number of hydrogen-bond acceptors (Lipinski definition) is 1. The molecule has 0 amide bonds. The summed E-state index contributed by atoms with van der Waals surface area (Å²) < 4.78 is 4.94. The summed E-state index contributed by atoms with van der Waals surface area (Å²) >= 11 is 0. The van der Waals surface area contributed by atoms with Crippen LogP contribution in [0.4, 0.5) is 0 Å². The van der Waals surface area contributed by atoms with Crippen LogP contribution in [-0.4, -0.2) is 21.1 Å². The van der Waals surface area contributed by atoms with E-state index >= 15 is 0 Å². The summed E-state index contributed by atoms with van der Waals surface area (Å²) in [5.41, 5.74) is 0. The highest BCUT2D eigenvalue weighted by Crippen LogP contribution is 1.98. The van der Waals surface area contributed by atoms with Crippen LogP contribution in [0.2, 0.25) is 6.32 Å². The molecule has 1 saturated heterocycles. The van der Waals surface area contributed by atoms with Gasteiger partial charge in [-0.2, -0.15) is 0 Å². The lowest BCUT2D eigenvalue weighted by Gasteiger charge is -1.76.